The fourth-order valence-electron chi connectivity index (χ4n) is 2.89. The first-order valence-corrected chi connectivity index (χ1v) is 6.67. The van der Waals surface area contributed by atoms with Crippen molar-refractivity contribution in [2.45, 2.75) is 63.3 Å². The van der Waals surface area contributed by atoms with Crippen molar-refractivity contribution in [3.05, 3.63) is 0 Å². The average molecular weight is 239 g/mol. The maximum Gasteiger partial charge on any atom is 0.329 e. The summed E-state index contributed by atoms with van der Waals surface area (Å²) in [5.74, 6) is -0.477. The van der Waals surface area contributed by atoms with Gasteiger partial charge in [-0.3, -0.25) is 4.79 Å². The van der Waals surface area contributed by atoms with Gasteiger partial charge in [-0.2, -0.15) is 0 Å². The lowest BCUT2D eigenvalue weighted by molar-refractivity contribution is -0.152. The van der Waals surface area contributed by atoms with Crippen LogP contribution < -0.4 is 5.32 Å². The second-order valence-electron chi connectivity index (χ2n) is 5.50. The predicted octanol–water partition coefficient (Wildman–Crippen LogP) is 2.08. The second-order valence-corrected chi connectivity index (χ2v) is 5.50. The molecule has 96 valence electrons. The molecule has 0 aliphatic heterocycles. The van der Waals surface area contributed by atoms with Crippen LogP contribution in [0.2, 0.25) is 0 Å². The zero-order valence-corrected chi connectivity index (χ0v) is 10.2. The first-order valence-electron chi connectivity index (χ1n) is 6.67. The number of carbonyl (C=O) groups excluding carboxylic acids is 1. The minimum absolute atomic E-state index is 0.0704. The lowest BCUT2D eigenvalue weighted by atomic mass is 9.76. The third-order valence-electron chi connectivity index (χ3n) is 4.19. The molecule has 0 heterocycles. The van der Waals surface area contributed by atoms with Gasteiger partial charge in [0.25, 0.3) is 0 Å². The number of amides is 1. The summed E-state index contributed by atoms with van der Waals surface area (Å²) in [5.41, 5.74) is -0.939. The Labute approximate surface area is 102 Å². The Morgan fingerprint density at radius 3 is 2.24 bits per heavy atom. The molecule has 2 rings (SSSR count). The summed E-state index contributed by atoms with van der Waals surface area (Å²) in [4.78, 5) is 23.0. The van der Waals surface area contributed by atoms with Crippen LogP contribution in [-0.4, -0.2) is 22.5 Å². The SMILES string of the molecule is O=C(CC1CCCCC1)NC1(C(=O)O)CCC1. The highest BCUT2D eigenvalue weighted by atomic mass is 16.4. The lowest BCUT2D eigenvalue weighted by Crippen LogP contribution is -2.59. The summed E-state index contributed by atoms with van der Waals surface area (Å²) in [6.45, 7) is 0. The molecule has 0 aromatic carbocycles. The highest BCUT2D eigenvalue weighted by molar-refractivity contribution is 5.87. The van der Waals surface area contributed by atoms with Gasteiger partial charge in [0.05, 0.1) is 0 Å². The zero-order valence-electron chi connectivity index (χ0n) is 10.2. The van der Waals surface area contributed by atoms with Gasteiger partial charge in [-0.15, -0.1) is 0 Å². The maximum absolute atomic E-state index is 11.8. The van der Waals surface area contributed by atoms with Crippen LogP contribution in [0.5, 0.6) is 0 Å². The second kappa shape index (κ2) is 5.07. The number of hydrogen-bond acceptors (Lipinski definition) is 2. The standard InChI is InChI=1S/C13H21NO3/c15-11(9-10-5-2-1-3-6-10)14-13(12(16)17)7-4-8-13/h10H,1-9H2,(H,14,15)(H,16,17). The van der Waals surface area contributed by atoms with E-state index < -0.39 is 11.5 Å². The van der Waals surface area contributed by atoms with Gasteiger partial charge in [0.2, 0.25) is 5.91 Å². The minimum Gasteiger partial charge on any atom is -0.480 e. The molecule has 0 bridgehead atoms. The van der Waals surface area contributed by atoms with E-state index in [0.29, 0.717) is 25.2 Å². The molecule has 0 spiro atoms. The Hall–Kier alpha value is -1.06. The summed E-state index contributed by atoms with van der Waals surface area (Å²) in [5, 5.41) is 11.9. The van der Waals surface area contributed by atoms with Gasteiger partial charge in [0.15, 0.2) is 0 Å². The van der Waals surface area contributed by atoms with E-state index in [-0.39, 0.29) is 5.91 Å². The molecule has 17 heavy (non-hydrogen) atoms. The van der Waals surface area contributed by atoms with Crippen molar-refractivity contribution in [3.8, 4) is 0 Å². The highest BCUT2D eigenvalue weighted by Crippen LogP contribution is 2.33. The third kappa shape index (κ3) is 2.79. The van der Waals surface area contributed by atoms with Crippen molar-refractivity contribution in [2.24, 2.45) is 5.92 Å². The van der Waals surface area contributed by atoms with E-state index >= 15 is 0 Å². The van der Waals surface area contributed by atoms with Gasteiger partial charge >= 0.3 is 5.97 Å². The van der Waals surface area contributed by atoms with Crippen molar-refractivity contribution in [1.29, 1.82) is 0 Å². The van der Waals surface area contributed by atoms with Gasteiger partial charge in [0.1, 0.15) is 5.54 Å². The molecule has 0 aromatic rings. The number of nitrogens with one attached hydrogen (secondary N) is 1. The number of carbonyl (C=O) groups is 2. The van der Waals surface area contributed by atoms with E-state index in [1.165, 1.54) is 19.3 Å². The van der Waals surface area contributed by atoms with Gasteiger partial charge < -0.3 is 10.4 Å². The van der Waals surface area contributed by atoms with Gasteiger partial charge in [0, 0.05) is 6.42 Å². The first kappa shape index (κ1) is 12.4. The summed E-state index contributed by atoms with van der Waals surface area (Å²) in [6.07, 6.45) is 8.50. The minimum atomic E-state index is -0.939. The number of carboxylic acids is 1. The smallest absolute Gasteiger partial charge is 0.329 e. The third-order valence-corrected chi connectivity index (χ3v) is 4.19. The van der Waals surface area contributed by atoms with Crippen LogP contribution in [0.1, 0.15) is 57.8 Å². The number of rotatable bonds is 4. The molecule has 0 radical (unpaired) electrons. The number of carboxylic acid groups (broad SMARTS) is 1. The van der Waals surface area contributed by atoms with Gasteiger partial charge in [-0.05, 0) is 38.0 Å². The van der Waals surface area contributed by atoms with Crippen LogP contribution in [-0.2, 0) is 9.59 Å². The van der Waals surface area contributed by atoms with Crippen molar-refractivity contribution in [1.82, 2.24) is 5.32 Å². The highest BCUT2D eigenvalue weighted by Gasteiger charge is 2.45. The van der Waals surface area contributed by atoms with Crippen molar-refractivity contribution in [2.75, 3.05) is 0 Å². The number of hydrogen-bond donors (Lipinski definition) is 2. The fourth-order valence-corrected chi connectivity index (χ4v) is 2.89. The van der Waals surface area contributed by atoms with Crippen LogP contribution >= 0.6 is 0 Å². The monoisotopic (exact) mass is 239 g/mol. The quantitative estimate of drug-likeness (QED) is 0.789. The van der Waals surface area contributed by atoms with Crippen LogP contribution in [0, 0.1) is 5.92 Å². The van der Waals surface area contributed by atoms with Crippen LogP contribution in [0.15, 0.2) is 0 Å². The van der Waals surface area contributed by atoms with Crippen molar-refractivity contribution < 1.29 is 14.7 Å². The van der Waals surface area contributed by atoms with E-state index in [1.807, 2.05) is 0 Å². The molecule has 0 aromatic heterocycles. The van der Waals surface area contributed by atoms with Crippen LogP contribution in [0.25, 0.3) is 0 Å². The number of aliphatic carboxylic acids is 1. The largest absolute Gasteiger partial charge is 0.480 e. The Bertz CT molecular complexity index is 304. The predicted molar refractivity (Wildman–Crippen MR) is 63.6 cm³/mol. The molecule has 0 saturated heterocycles. The summed E-state index contributed by atoms with van der Waals surface area (Å²) in [6, 6.07) is 0. The van der Waals surface area contributed by atoms with Crippen LogP contribution in [0.3, 0.4) is 0 Å². The average Bonchev–Trinajstić information content (AvgIpc) is 2.24. The van der Waals surface area contributed by atoms with E-state index in [1.54, 1.807) is 0 Å². The van der Waals surface area contributed by atoms with Crippen molar-refractivity contribution in [3.63, 3.8) is 0 Å². The Morgan fingerprint density at radius 2 is 1.76 bits per heavy atom. The van der Waals surface area contributed by atoms with E-state index in [0.717, 1.165) is 19.3 Å². The lowest BCUT2D eigenvalue weighted by Gasteiger charge is -2.38. The molecule has 2 N–H and O–H groups in total. The van der Waals surface area contributed by atoms with E-state index in [2.05, 4.69) is 5.32 Å². The molecule has 2 aliphatic carbocycles. The van der Waals surface area contributed by atoms with Gasteiger partial charge in [-0.25, -0.2) is 4.79 Å². The molecule has 4 nitrogen and oxygen atoms in total. The molecule has 2 saturated carbocycles. The van der Waals surface area contributed by atoms with E-state index in [9.17, 15) is 9.59 Å². The summed E-state index contributed by atoms with van der Waals surface area (Å²) < 4.78 is 0. The maximum atomic E-state index is 11.8. The molecule has 0 unspecified atom stereocenters. The molecular formula is C13H21NO3. The molecule has 4 heteroatoms. The van der Waals surface area contributed by atoms with E-state index in [4.69, 9.17) is 5.11 Å². The topological polar surface area (TPSA) is 66.4 Å². The first-order chi connectivity index (χ1) is 8.12. The van der Waals surface area contributed by atoms with Crippen molar-refractivity contribution >= 4 is 11.9 Å². The Kier molecular flexibility index (Phi) is 3.69. The molecule has 2 aliphatic rings. The Balaban J connectivity index is 1.81. The normalized spacial score (nSPS) is 23.8. The summed E-state index contributed by atoms with van der Waals surface area (Å²) in [7, 11) is 0. The molecule has 2 fully saturated rings. The molecular weight excluding hydrogens is 218 g/mol. The van der Waals surface area contributed by atoms with Gasteiger partial charge in [-0.1, -0.05) is 19.3 Å². The zero-order chi connectivity index (χ0) is 12.3. The molecule has 0 atom stereocenters. The Morgan fingerprint density at radius 1 is 1.12 bits per heavy atom. The van der Waals surface area contributed by atoms with Crippen LogP contribution in [0.4, 0.5) is 0 Å². The molecule has 1 amide bonds. The fraction of sp³-hybridized carbons (Fsp3) is 0.846. The summed E-state index contributed by atoms with van der Waals surface area (Å²) >= 11 is 0.